The van der Waals surface area contributed by atoms with E-state index in [1.165, 1.54) is 64.2 Å². The van der Waals surface area contributed by atoms with Gasteiger partial charge < -0.3 is 0 Å². The molecule has 5 heteroatoms. The fourth-order valence-electron chi connectivity index (χ4n) is 6.71. The molecule has 0 spiro atoms. The number of aromatic nitrogens is 2. The summed E-state index contributed by atoms with van der Waals surface area (Å²) in [6.07, 6.45) is 14.4. The van der Waals surface area contributed by atoms with E-state index >= 15 is 0 Å². The summed E-state index contributed by atoms with van der Waals surface area (Å²) in [5.74, 6) is 6.50. The Morgan fingerprint density at radius 1 is 1.13 bits per heavy atom. The molecule has 0 aromatic carbocycles. The normalized spacial score (nSPS) is 30.7. The zero-order valence-corrected chi connectivity index (χ0v) is 22.3. The standard InChI is InChI=1S/C25H44N2S3/c1-6-9-17(4)14-22-21(11-8-7-10-16(2)3)19-12-13-20(23(22)15-19)18(5)29-25-27-26-24(28)30-25/h16-23H,6-15H2,1-5H3,(H,26,28). The SMILES string of the molecule is CCCC(C)CC1C(CCCCC(C)C)C2CCC(C(C)Sc3n[nH]c(=S)s3)C1C2. The predicted molar refractivity (Wildman–Crippen MR) is 136 cm³/mol. The molecule has 2 saturated carbocycles. The smallest absolute Gasteiger partial charge is 0.177 e. The van der Waals surface area contributed by atoms with Gasteiger partial charge in [-0.3, -0.25) is 5.10 Å². The lowest BCUT2D eigenvalue weighted by molar-refractivity contribution is 0.182. The van der Waals surface area contributed by atoms with Crippen molar-refractivity contribution in [3.8, 4) is 0 Å². The van der Waals surface area contributed by atoms with E-state index in [-0.39, 0.29) is 0 Å². The van der Waals surface area contributed by atoms with Crippen molar-refractivity contribution >= 4 is 35.3 Å². The molecule has 1 aromatic heterocycles. The summed E-state index contributed by atoms with van der Waals surface area (Å²) >= 11 is 8.87. The maximum atomic E-state index is 5.25. The van der Waals surface area contributed by atoms with Crippen molar-refractivity contribution in [3.63, 3.8) is 0 Å². The molecule has 0 aliphatic heterocycles. The van der Waals surface area contributed by atoms with Crippen LogP contribution in [-0.4, -0.2) is 15.4 Å². The first-order valence-corrected chi connectivity index (χ1v) is 14.7. The van der Waals surface area contributed by atoms with Crippen LogP contribution in [-0.2, 0) is 0 Å². The van der Waals surface area contributed by atoms with Crippen LogP contribution in [0, 0.1) is 45.4 Å². The second-order valence-electron chi connectivity index (χ2n) is 10.7. The zero-order chi connectivity index (χ0) is 21.7. The Balaban J connectivity index is 1.67. The lowest BCUT2D eigenvalue weighted by Gasteiger charge is -2.36. The molecule has 2 nitrogen and oxygen atoms in total. The topological polar surface area (TPSA) is 28.7 Å². The van der Waals surface area contributed by atoms with Gasteiger partial charge in [-0.15, -0.1) is 0 Å². The Morgan fingerprint density at radius 2 is 1.93 bits per heavy atom. The molecule has 7 atom stereocenters. The van der Waals surface area contributed by atoms with Crippen LogP contribution >= 0.6 is 35.3 Å². The van der Waals surface area contributed by atoms with E-state index in [1.807, 2.05) is 11.8 Å². The van der Waals surface area contributed by atoms with Gasteiger partial charge in [0.25, 0.3) is 0 Å². The molecule has 1 aromatic rings. The maximum Gasteiger partial charge on any atom is 0.177 e. The van der Waals surface area contributed by atoms with Crippen LogP contribution in [0.4, 0.5) is 0 Å². The minimum Gasteiger partial charge on any atom is -0.257 e. The zero-order valence-electron chi connectivity index (χ0n) is 19.9. The second kappa shape index (κ2) is 11.8. The summed E-state index contributed by atoms with van der Waals surface area (Å²) in [5, 5.41) is 8.05. The number of aromatic amines is 1. The average Bonchev–Trinajstić information content (AvgIpc) is 3.21. The van der Waals surface area contributed by atoms with Crippen LogP contribution in [0.1, 0.15) is 98.8 Å². The maximum absolute atomic E-state index is 5.25. The van der Waals surface area contributed by atoms with Crippen molar-refractivity contribution < 1.29 is 0 Å². The molecule has 2 bridgehead atoms. The summed E-state index contributed by atoms with van der Waals surface area (Å²) < 4.78 is 1.94. The molecule has 30 heavy (non-hydrogen) atoms. The van der Waals surface area contributed by atoms with E-state index < -0.39 is 0 Å². The number of hydrogen-bond donors (Lipinski definition) is 1. The summed E-state index contributed by atoms with van der Waals surface area (Å²) in [5.41, 5.74) is 0. The predicted octanol–water partition coefficient (Wildman–Crippen LogP) is 9.00. The van der Waals surface area contributed by atoms with E-state index in [0.29, 0.717) is 5.25 Å². The Bertz CT molecular complexity index is 682. The van der Waals surface area contributed by atoms with Crippen LogP contribution < -0.4 is 0 Å². The number of nitrogens with one attached hydrogen (secondary N) is 1. The van der Waals surface area contributed by atoms with E-state index in [0.717, 1.165) is 49.7 Å². The minimum atomic E-state index is 0.647. The van der Waals surface area contributed by atoms with E-state index in [9.17, 15) is 0 Å². The molecule has 7 unspecified atom stereocenters. The number of thioether (sulfide) groups is 1. The molecule has 2 fully saturated rings. The highest BCUT2D eigenvalue weighted by molar-refractivity contribution is 8.01. The van der Waals surface area contributed by atoms with Crippen molar-refractivity contribution in [2.75, 3.05) is 0 Å². The highest BCUT2D eigenvalue weighted by Crippen LogP contribution is 2.58. The molecule has 3 rings (SSSR count). The molecule has 0 amide bonds. The fraction of sp³-hybridized carbons (Fsp3) is 0.920. The van der Waals surface area contributed by atoms with Gasteiger partial charge in [-0.1, -0.05) is 89.8 Å². The fourth-order valence-corrected chi connectivity index (χ4v) is 9.32. The lowest BCUT2D eigenvalue weighted by atomic mass is 9.73. The van der Waals surface area contributed by atoms with E-state index in [1.54, 1.807) is 11.3 Å². The van der Waals surface area contributed by atoms with Gasteiger partial charge in [0.1, 0.15) is 0 Å². The molecule has 1 heterocycles. The van der Waals surface area contributed by atoms with Gasteiger partial charge in [0.15, 0.2) is 8.29 Å². The van der Waals surface area contributed by atoms with Crippen LogP contribution in [0.5, 0.6) is 0 Å². The second-order valence-corrected chi connectivity index (χ2v) is 14.0. The number of fused-ring (bicyclic) bond motifs is 2. The third-order valence-corrected chi connectivity index (χ3v) is 10.5. The molecule has 0 radical (unpaired) electrons. The van der Waals surface area contributed by atoms with Crippen LogP contribution in [0.3, 0.4) is 0 Å². The molecule has 172 valence electrons. The van der Waals surface area contributed by atoms with Crippen molar-refractivity contribution in [3.05, 3.63) is 3.95 Å². The number of unbranched alkanes of at least 4 members (excludes halogenated alkanes) is 1. The largest absolute Gasteiger partial charge is 0.257 e. The van der Waals surface area contributed by atoms with Gasteiger partial charge in [-0.25, -0.2) is 0 Å². The van der Waals surface area contributed by atoms with Gasteiger partial charge in [-0.2, -0.15) is 5.10 Å². The van der Waals surface area contributed by atoms with Crippen molar-refractivity contribution in [2.45, 2.75) is 108 Å². The Labute approximate surface area is 198 Å². The number of H-pyrrole nitrogens is 1. The molecular weight excluding hydrogens is 424 g/mol. The third-order valence-electron chi connectivity index (χ3n) is 8.03. The quantitative estimate of drug-likeness (QED) is 0.188. The molecule has 2 aliphatic rings. The Hall–Kier alpha value is 0.130. The summed E-state index contributed by atoms with van der Waals surface area (Å²) in [7, 11) is 0. The van der Waals surface area contributed by atoms with E-state index in [4.69, 9.17) is 12.2 Å². The molecular formula is C25H44N2S3. The molecule has 2 aliphatic carbocycles. The molecule has 1 N–H and O–H groups in total. The van der Waals surface area contributed by atoms with Gasteiger partial charge >= 0.3 is 0 Å². The van der Waals surface area contributed by atoms with E-state index in [2.05, 4.69) is 44.8 Å². The first kappa shape index (κ1) is 24.8. The molecule has 0 saturated heterocycles. The summed E-state index contributed by atoms with van der Waals surface area (Å²) in [6.45, 7) is 12.1. The van der Waals surface area contributed by atoms with Gasteiger partial charge in [0.2, 0.25) is 0 Å². The number of nitrogens with zero attached hydrogens (tertiary/aromatic N) is 1. The van der Waals surface area contributed by atoms with Crippen LogP contribution in [0.15, 0.2) is 4.34 Å². The van der Waals surface area contributed by atoms with Gasteiger partial charge in [0, 0.05) is 5.25 Å². The Morgan fingerprint density at radius 3 is 2.60 bits per heavy atom. The lowest BCUT2D eigenvalue weighted by Crippen LogP contribution is -2.29. The van der Waals surface area contributed by atoms with Gasteiger partial charge in [0.05, 0.1) is 0 Å². The van der Waals surface area contributed by atoms with Crippen molar-refractivity contribution in [2.24, 2.45) is 41.4 Å². The summed E-state index contributed by atoms with van der Waals surface area (Å²) in [6, 6.07) is 0. The van der Waals surface area contributed by atoms with Crippen LogP contribution in [0.2, 0.25) is 0 Å². The first-order valence-electron chi connectivity index (χ1n) is 12.6. The first-order chi connectivity index (χ1) is 14.4. The van der Waals surface area contributed by atoms with Crippen LogP contribution in [0.25, 0.3) is 0 Å². The highest BCUT2D eigenvalue weighted by Gasteiger charge is 2.49. The number of rotatable bonds is 12. The third kappa shape index (κ3) is 6.57. The minimum absolute atomic E-state index is 0.647. The highest BCUT2D eigenvalue weighted by atomic mass is 32.2. The average molecular weight is 469 g/mol. The summed E-state index contributed by atoms with van der Waals surface area (Å²) in [4.78, 5) is 0. The van der Waals surface area contributed by atoms with Crippen molar-refractivity contribution in [1.82, 2.24) is 10.2 Å². The van der Waals surface area contributed by atoms with Gasteiger partial charge in [-0.05, 0) is 85.7 Å². The number of hydrogen-bond acceptors (Lipinski definition) is 4. The van der Waals surface area contributed by atoms with Crippen molar-refractivity contribution in [1.29, 1.82) is 0 Å². The monoisotopic (exact) mass is 468 g/mol. The Kier molecular flexibility index (Phi) is 9.77.